The van der Waals surface area contributed by atoms with Crippen LogP contribution in [0, 0.1) is 0 Å². The second-order valence-electron chi connectivity index (χ2n) is 5.39. The second kappa shape index (κ2) is 7.04. The van der Waals surface area contributed by atoms with Crippen LogP contribution in [-0.2, 0) is 18.2 Å². The quantitative estimate of drug-likeness (QED) is 0.742. The molecule has 0 saturated heterocycles. The van der Waals surface area contributed by atoms with Gasteiger partial charge in [-0.2, -0.15) is 9.13 Å². The average Bonchev–Trinajstić information content (AvgIpc) is 2.48. The number of nitrogens with zero attached hydrogens (tertiary/aromatic N) is 4. The normalized spacial score (nSPS) is 10.5. The van der Waals surface area contributed by atoms with E-state index in [-0.39, 0.29) is 0 Å². The lowest BCUT2D eigenvalue weighted by molar-refractivity contribution is -0.788. The lowest BCUT2D eigenvalue weighted by Gasteiger charge is -2.10. The van der Waals surface area contributed by atoms with Crippen LogP contribution >= 0.6 is 0 Å². The van der Waals surface area contributed by atoms with Gasteiger partial charge in [0.25, 0.3) is 13.5 Å². The Hall–Kier alpha value is -2.14. The predicted molar refractivity (Wildman–Crippen MR) is 83.0 cm³/mol. The third-order valence-electron chi connectivity index (χ3n) is 3.26. The smallest absolute Gasteiger partial charge is 0.257 e. The summed E-state index contributed by atoms with van der Waals surface area (Å²) in [5.41, 5.74) is 2.36. The van der Waals surface area contributed by atoms with E-state index in [2.05, 4.69) is 34.1 Å². The van der Waals surface area contributed by atoms with E-state index in [1.165, 1.54) is 11.4 Å². The topological polar surface area (TPSA) is 23.5 Å². The van der Waals surface area contributed by atoms with Crippen molar-refractivity contribution in [3.8, 4) is 0 Å². The van der Waals surface area contributed by atoms with Crippen molar-refractivity contribution in [3.63, 3.8) is 0 Å². The van der Waals surface area contributed by atoms with E-state index < -0.39 is 0 Å². The van der Waals surface area contributed by atoms with Crippen molar-refractivity contribution in [1.82, 2.24) is 0 Å². The van der Waals surface area contributed by atoms with Gasteiger partial charge in [-0.15, -0.1) is 0 Å². The highest BCUT2D eigenvalue weighted by Gasteiger charge is 2.05. The summed E-state index contributed by atoms with van der Waals surface area (Å²) in [7, 11) is 8.13. The fraction of sp³-hybridized carbons (Fsp3) is 0.375. The maximum absolute atomic E-state index is 5.71. The number of hydrogen-bond acceptors (Lipinski definition) is 3. The molecule has 5 heteroatoms. The van der Waals surface area contributed by atoms with Gasteiger partial charge in [0.05, 0.1) is 0 Å². The van der Waals surface area contributed by atoms with Gasteiger partial charge in [0, 0.05) is 63.8 Å². The van der Waals surface area contributed by atoms with Gasteiger partial charge in [-0.1, -0.05) is 0 Å². The van der Waals surface area contributed by atoms with Crippen molar-refractivity contribution >= 4 is 11.4 Å². The summed E-state index contributed by atoms with van der Waals surface area (Å²) < 4.78 is 9.74. The minimum absolute atomic E-state index is 0.538. The zero-order valence-electron chi connectivity index (χ0n) is 13.2. The molecule has 0 unspecified atom stereocenters. The Morgan fingerprint density at radius 3 is 1.33 bits per heavy atom. The van der Waals surface area contributed by atoms with Crippen LogP contribution in [0.1, 0.15) is 0 Å². The molecule has 112 valence electrons. The molecule has 2 rings (SSSR count). The molecule has 0 spiro atoms. The van der Waals surface area contributed by atoms with Crippen molar-refractivity contribution in [3.05, 3.63) is 49.1 Å². The lowest BCUT2D eigenvalue weighted by Crippen LogP contribution is -2.40. The van der Waals surface area contributed by atoms with Crippen LogP contribution in [0.5, 0.6) is 0 Å². The fourth-order valence-corrected chi connectivity index (χ4v) is 1.92. The van der Waals surface area contributed by atoms with Crippen LogP contribution in [0.3, 0.4) is 0 Å². The predicted octanol–water partition coefficient (Wildman–Crippen LogP) is 1.03. The van der Waals surface area contributed by atoms with Crippen LogP contribution in [0.15, 0.2) is 49.1 Å². The van der Waals surface area contributed by atoms with Crippen LogP contribution in [0.2, 0.25) is 0 Å². The molecule has 2 aromatic heterocycles. The standard InChI is InChI=1S/C16H24N4O/c1-17(2)15-5-9-19(10-6-15)13-21-14-20-11-7-16(8-12-20)18(3)4/h5-12H,13-14H2,1-4H3/q+2. The van der Waals surface area contributed by atoms with Crippen molar-refractivity contribution in [2.24, 2.45) is 0 Å². The zero-order chi connectivity index (χ0) is 15.2. The second-order valence-corrected chi connectivity index (χ2v) is 5.39. The van der Waals surface area contributed by atoms with E-state index >= 15 is 0 Å². The molecule has 5 nitrogen and oxygen atoms in total. The van der Waals surface area contributed by atoms with E-state index in [4.69, 9.17) is 4.74 Å². The molecule has 0 fully saturated rings. The number of hydrogen-bond donors (Lipinski definition) is 0. The van der Waals surface area contributed by atoms with Crippen LogP contribution in [0.4, 0.5) is 11.4 Å². The number of ether oxygens (including phenoxy) is 1. The Kier molecular flexibility index (Phi) is 5.11. The summed E-state index contributed by atoms with van der Waals surface area (Å²) in [6, 6.07) is 8.29. The van der Waals surface area contributed by atoms with Crippen LogP contribution < -0.4 is 18.9 Å². The van der Waals surface area contributed by atoms with E-state index in [0.29, 0.717) is 13.5 Å². The van der Waals surface area contributed by atoms with Gasteiger partial charge in [0.1, 0.15) is 0 Å². The Morgan fingerprint density at radius 2 is 1.05 bits per heavy atom. The Morgan fingerprint density at radius 1 is 0.714 bits per heavy atom. The largest absolute Gasteiger partial charge is 0.377 e. The molecule has 2 aromatic rings. The number of anilines is 2. The third-order valence-corrected chi connectivity index (χ3v) is 3.26. The number of rotatable bonds is 6. The van der Waals surface area contributed by atoms with Crippen LogP contribution in [0.25, 0.3) is 0 Å². The highest BCUT2D eigenvalue weighted by Crippen LogP contribution is 2.06. The van der Waals surface area contributed by atoms with Gasteiger partial charge in [0.2, 0.25) is 0 Å². The van der Waals surface area contributed by atoms with Gasteiger partial charge >= 0.3 is 0 Å². The van der Waals surface area contributed by atoms with Crippen molar-refractivity contribution in [1.29, 1.82) is 0 Å². The molecule has 0 amide bonds. The first-order valence-corrected chi connectivity index (χ1v) is 6.97. The molecule has 0 aliphatic heterocycles. The first-order chi connectivity index (χ1) is 10.1. The number of aromatic nitrogens is 2. The van der Waals surface area contributed by atoms with Gasteiger partial charge < -0.3 is 9.80 Å². The maximum Gasteiger partial charge on any atom is 0.257 e. The Balaban J connectivity index is 1.83. The maximum atomic E-state index is 5.71. The highest BCUT2D eigenvalue weighted by molar-refractivity contribution is 5.41. The van der Waals surface area contributed by atoms with Gasteiger partial charge in [-0.05, 0) is 0 Å². The molecule has 0 radical (unpaired) electrons. The molecule has 0 N–H and O–H groups in total. The van der Waals surface area contributed by atoms with E-state index in [1.54, 1.807) is 0 Å². The molecule has 0 aromatic carbocycles. The first-order valence-electron chi connectivity index (χ1n) is 6.97. The molecule has 21 heavy (non-hydrogen) atoms. The van der Waals surface area contributed by atoms with Crippen molar-refractivity contribution in [2.45, 2.75) is 13.5 Å². The SMILES string of the molecule is CN(C)c1cc[n+](COC[n+]2ccc(N(C)C)cc2)cc1. The van der Waals surface area contributed by atoms with Crippen molar-refractivity contribution in [2.75, 3.05) is 38.0 Å². The molecule has 0 aliphatic rings. The summed E-state index contributed by atoms with van der Waals surface area (Å²) in [6.45, 7) is 1.08. The van der Waals surface area contributed by atoms with E-state index in [0.717, 1.165) is 0 Å². The summed E-state index contributed by atoms with van der Waals surface area (Å²) in [6.07, 6.45) is 8.09. The van der Waals surface area contributed by atoms with E-state index in [1.807, 2.05) is 62.1 Å². The average molecular weight is 288 g/mol. The van der Waals surface area contributed by atoms with Gasteiger partial charge in [0.15, 0.2) is 24.8 Å². The fourth-order valence-electron chi connectivity index (χ4n) is 1.92. The van der Waals surface area contributed by atoms with Gasteiger partial charge in [-0.25, -0.2) is 0 Å². The molecule has 2 heterocycles. The first kappa shape index (κ1) is 15.3. The van der Waals surface area contributed by atoms with Gasteiger partial charge in [-0.3, -0.25) is 4.74 Å². The highest BCUT2D eigenvalue weighted by atomic mass is 16.5. The monoisotopic (exact) mass is 288 g/mol. The molecule has 0 bridgehead atoms. The minimum Gasteiger partial charge on any atom is -0.377 e. The minimum atomic E-state index is 0.538. The summed E-state index contributed by atoms with van der Waals surface area (Å²) in [5, 5.41) is 0. The Labute approximate surface area is 126 Å². The van der Waals surface area contributed by atoms with E-state index in [9.17, 15) is 0 Å². The molecule has 0 saturated carbocycles. The number of pyridine rings is 2. The molecular formula is C16H24N4O+2. The lowest BCUT2D eigenvalue weighted by atomic mass is 10.4. The molecule has 0 atom stereocenters. The summed E-state index contributed by atoms with van der Waals surface area (Å²) >= 11 is 0. The third kappa shape index (κ3) is 4.43. The van der Waals surface area contributed by atoms with Crippen molar-refractivity contribution < 1.29 is 13.9 Å². The Bertz CT molecular complexity index is 498. The summed E-state index contributed by atoms with van der Waals surface area (Å²) in [4.78, 5) is 4.15. The zero-order valence-corrected chi connectivity index (χ0v) is 13.2. The van der Waals surface area contributed by atoms with Crippen LogP contribution in [-0.4, -0.2) is 28.2 Å². The molecule has 0 aliphatic carbocycles. The summed E-state index contributed by atoms with van der Waals surface area (Å²) in [5.74, 6) is 0. The molecular weight excluding hydrogens is 264 g/mol.